The number of hydrogen-bond acceptors (Lipinski definition) is 8. The Kier molecular flexibility index (Phi) is 10.2. The third-order valence-electron chi connectivity index (χ3n) is 9.40. The van der Waals surface area contributed by atoms with Gasteiger partial charge in [-0.15, -0.1) is 0 Å². The van der Waals surface area contributed by atoms with Crippen LogP contribution in [0.5, 0.6) is 11.5 Å². The average molecular weight is 621 g/mol. The quantitative estimate of drug-likeness (QED) is 0.524. The molecule has 6 rings (SSSR count). The third-order valence-corrected chi connectivity index (χ3v) is 9.40. The highest BCUT2D eigenvalue weighted by atomic mass is 16.5. The Labute approximate surface area is 264 Å². The maximum atomic E-state index is 14.0. The zero-order valence-corrected chi connectivity index (χ0v) is 26.0. The second-order valence-electron chi connectivity index (χ2n) is 12.4. The summed E-state index contributed by atoms with van der Waals surface area (Å²) in [6, 6.07) is 14.2. The van der Waals surface area contributed by atoms with Crippen LogP contribution in [-0.2, 0) is 25.6 Å². The SMILES string of the molecule is COc1cccc(CN2CCN3C(=O)c4ccccc4OCC[C@@H]4CC[C@@H](NC(=O)C5CCOCC5)[C@@H](CNC(=O)[C@@H]3C2)O4)c1. The van der Waals surface area contributed by atoms with E-state index in [-0.39, 0.29) is 42.3 Å². The molecule has 11 heteroatoms. The van der Waals surface area contributed by atoms with Gasteiger partial charge in [0, 0.05) is 58.3 Å². The van der Waals surface area contributed by atoms with Gasteiger partial charge in [-0.2, -0.15) is 0 Å². The Morgan fingerprint density at radius 1 is 1.00 bits per heavy atom. The van der Waals surface area contributed by atoms with Gasteiger partial charge in [-0.3, -0.25) is 19.3 Å². The minimum atomic E-state index is -0.720. The first-order valence-electron chi connectivity index (χ1n) is 16.2. The number of carbonyl (C=O) groups excluding carboxylic acids is 3. The summed E-state index contributed by atoms with van der Waals surface area (Å²) in [7, 11) is 1.64. The van der Waals surface area contributed by atoms with Gasteiger partial charge < -0.3 is 34.5 Å². The number of nitrogens with one attached hydrogen (secondary N) is 2. The molecule has 4 atom stereocenters. The molecule has 2 aromatic carbocycles. The first kappa shape index (κ1) is 31.3. The van der Waals surface area contributed by atoms with E-state index in [2.05, 4.69) is 15.5 Å². The molecule has 0 radical (unpaired) electrons. The molecule has 0 unspecified atom stereocenters. The van der Waals surface area contributed by atoms with Crippen molar-refractivity contribution < 1.29 is 33.3 Å². The van der Waals surface area contributed by atoms with Gasteiger partial charge in [-0.25, -0.2) is 0 Å². The Balaban J connectivity index is 1.22. The summed E-state index contributed by atoms with van der Waals surface area (Å²) in [6.45, 7) is 3.81. The molecule has 45 heavy (non-hydrogen) atoms. The van der Waals surface area contributed by atoms with E-state index in [1.807, 2.05) is 36.4 Å². The Morgan fingerprint density at radius 2 is 1.84 bits per heavy atom. The molecule has 4 aliphatic heterocycles. The molecule has 2 bridgehead atoms. The van der Waals surface area contributed by atoms with Gasteiger partial charge in [0.05, 0.1) is 37.5 Å². The van der Waals surface area contributed by atoms with Crippen LogP contribution >= 0.6 is 0 Å². The number of methoxy groups -OCH3 is 1. The minimum absolute atomic E-state index is 0.0215. The molecule has 3 saturated heterocycles. The summed E-state index contributed by atoms with van der Waals surface area (Å²) >= 11 is 0. The zero-order chi connectivity index (χ0) is 31.2. The maximum Gasteiger partial charge on any atom is 0.258 e. The topological polar surface area (TPSA) is 119 Å². The lowest BCUT2D eigenvalue weighted by Gasteiger charge is -2.42. The molecule has 3 amide bonds. The molecule has 2 N–H and O–H groups in total. The van der Waals surface area contributed by atoms with Gasteiger partial charge in [-0.05, 0) is 55.5 Å². The van der Waals surface area contributed by atoms with E-state index in [1.54, 1.807) is 24.1 Å². The van der Waals surface area contributed by atoms with Crippen LogP contribution in [-0.4, -0.2) is 105 Å². The molecule has 4 heterocycles. The van der Waals surface area contributed by atoms with Crippen LogP contribution in [0.3, 0.4) is 0 Å². The van der Waals surface area contributed by atoms with Crippen molar-refractivity contribution in [3.05, 3.63) is 59.7 Å². The number of piperazine rings is 1. The van der Waals surface area contributed by atoms with Crippen LogP contribution in [0, 0.1) is 5.92 Å². The second-order valence-corrected chi connectivity index (χ2v) is 12.4. The van der Waals surface area contributed by atoms with Crippen LogP contribution in [0.15, 0.2) is 48.5 Å². The monoisotopic (exact) mass is 620 g/mol. The van der Waals surface area contributed by atoms with Crippen LogP contribution in [0.2, 0.25) is 0 Å². The van der Waals surface area contributed by atoms with E-state index < -0.39 is 12.1 Å². The molecule has 0 aromatic heterocycles. The molecule has 0 spiro atoms. The first-order valence-corrected chi connectivity index (χ1v) is 16.2. The second kappa shape index (κ2) is 14.6. The Hall–Kier alpha value is -3.67. The lowest BCUT2D eigenvalue weighted by atomic mass is 9.94. The Morgan fingerprint density at radius 3 is 2.69 bits per heavy atom. The zero-order valence-electron chi connectivity index (χ0n) is 26.0. The van der Waals surface area contributed by atoms with Crippen molar-refractivity contribution in [2.24, 2.45) is 5.92 Å². The van der Waals surface area contributed by atoms with Crippen molar-refractivity contribution in [3.63, 3.8) is 0 Å². The number of benzene rings is 2. The van der Waals surface area contributed by atoms with Crippen LogP contribution in [0.25, 0.3) is 0 Å². The molecule has 0 aliphatic carbocycles. The van der Waals surface area contributed by atoms with Crippen LogP contribution in [0.1, 0.15) is 48.0 Å². The fraction of sp³-hybridized carbons (Fsp3) is 0.559. The summed E-state index contributed by atoms with van der Waals surface area (Å²) in [5, 5.41) is 6.34. The number of fused-ring (bicyclic) bond motifs is 4. The maximum absolute atomic E-state index is 14.0. The fourth-order valence-electron chi connectivity index (χ4n) is 6.81. The summed E-state index contributed by atoms with van der Waals surface area (Å²) in [5.41, 5.74) is 1.52. The normalized spacial score (nSPS) is 26.8. The van der Waals surface area contributed by atoms with Gasteiger partial charge >= 0.3 is 0 Å². The number of ether oxygens (including phenoxy) is 4. The lowest BCUT2D eigenvalue weighted by molar-refractivity contribution is -0.134. The Bertz CT molecular complexity index is 1350. The van der Waals surface area contributed by atoms with Crippen LogP contribution in [0.4, 0.5) is 0 Å². The van der Waals surface area contributed by atoms with Crippen molar-refractivity contribution >= 4 is 17.7 Å². The number of rotatable bonds is 5. The average Bonchev–Trinajstić information content (AvgIpc) is 3.08. The number of hydrogen-bond donors (Lipinski definition) is 2. The molecular weight excluding hydrogens is 576 g/mol. The molecule has 0 saturated carbocycles. The van der Waals surface area contributed by atoms with E-state index in [1.165, 1.54) is 0 Å². The summed E-state index contributed by atoms with van der Waals surface area (Å²) < 4.78 is 23.5. The van der Waals surface area contributed by atoms with E-state index >= 15 is 0 Å². The van der Waals surface area contributed by atoms with Crippen molar-refractivity contribution in [2.75, 3.05) is 53.1 Å². The van der Waals surface area contributed by atoms with Gasteiger partial charge in [0.2, 0.25) is 11.8 Å². The number of carbonyl (C=O) groups is 3. The minimum Gasteiger partial charge on any atom is -0.497 e. The molecule has 11 nitrogen and oxygen atoms in total. The highest BCUT2D eigenvalue weighted by Gasteiger charge is 2.39. The predicted octanol–water partition coefficient (Wildman–Crippen LogP) is 2.38. The van der Waals surface area contributed by atoms with Gasteiger partial charge in [0.25, 0.3) is 5.91 Å². The van der Waals surface area contributed by atoms with E-state index in [9.17, 15) is 14.4 Å². The van der Waals surface area contributed by atoms with Gasteiger partial charge in [0.1, 0.15) is 17.5 Å². The highest BCUT2D eigenvalue weighted by Crippen LogP contribution is 2.27. The van der Waals surface area contributed by atoms with Crippen molar-refractivity contribution in [1.29, 1.82) is 0 Å². The number of nitrogens with zero attached hydrogens (tertiary/aromatic N) is 2. The highest BCUT2D eigenvalue weighted by molar-refractivity contribution is 6.00. The van der Waals surface area contributed by atoms with E-state index in [0.29, 0.717) is 76.6 Å². The van der Waals surface area contributed by atoms with Crippen molar-refractivity contribution in [3.8, 4) is 11.5 Å². The van der Waals surface area contributed by atoms with E-state index in [0.717, 1.165) is 24.2 Å². The van der Waals surface area contributed by atoms with Gasteiger partial charge in [0.15, 0.2) is 0 Å². The largest absolute Gasteiger partial charge is 0.497 e. The predicted molar refractivity (Wildman–Crippen MR) is 166 cm³/mol. The smallest absolute Gasteiger partial charge is 0.258 e. The lowest BCUT2D eigenvalue weighted by Crippen LogP contribution is -2.62. The first-order chi connectivity index (χ1) is 22.0. The number of amides is 3. The number of para-hydroxylation sites is 1. The third kappa shape index (κ3) is 7.59. The molecule has 2 aromatic rings. The van der Waals surface area contributed by atoms with E-state index in [4.69, 9.17) is 18.9 Å². The molecule has 4 aliphatic rings. The molecule has 242 valence electrons. The molecule has 3 fully saturated rings. The molecular formula is C34H44N4O7. The fourth-order valence-corrected chi connectivity index (χ4v) is 6.81. The summed E-state index contributed by atoms with van der Waals surface area (Å²) in [5.74, 6) is 0.768. The van der Waals surface area contributed by atoms with Gasteiger partial charge in [-0.1, -0.05) is 24.3 Å². The van der Waals surface area contributed by atoms with Crippen LogP contribution < -0.4 is 20.1 Å². The van der Waals surface area contributed by atoms with Crippen molar-refractivity contribution in [2.45, 2.75) is 62.9 Å². The summed E-state index contributed by atoms with van der Waals surface area (Å²) in [4.78, 5) is 45.0. The summed E-state index contributed by atoms with van der Waals surface area (Å²) in [6.07, 6.45) is 3.09. The standard InChI is InChI=1S/C34H44N4O7/c1-42-26-6-4-5-23(19-26)21-37-14-15-38-29(22-37)33(40)35-20-31-28(36-32(39)24-11-16-43-17-12-24)10-9-25(45-31)13-18-44-30-8-3-2-7-27(30)34(38)41/h2-8,19,24-25,28-29,31H,9-18,20-22H2,1H3,(H,35,40)(H,36,39)/t25-,28+,29-,31+/m0/s1. The van der Waals surface area contributed by atoms with Crippen molar-refractivity contribution in [1.82, 2.24) is 20.4 Å².